The zero-order valence-electron chi connectivity index (χ0n) is 19.5. The average molecular weight is 499 g/mol. The van der Waals surface area contributed by atoms with Crippen LogP contribution in [0.1, 0.15) is 42.2 Å². The lowest BCUT2D eigenvalue weighted by Gasteiger charge is -2.37. The second-order valence-corrected chi connectivity index (χ2v) is 8.80. The highest BCUT2D eigenvalue weighted by atomic mass is 19.4. The zero-order chi connectivity index (χ0) is 25.6. The number of hydrogen-bond donors (Lipinski definition) is 1. The first-order valence-electron chi connectivity index (χ1n) is 11.4. The molecule has 188 valence electrons. The number of carbonyl (C=O) groups excluding carboxylic acids is 1. The highest BCUT2D eigenvalue weighted by Gasteiger charge is 2.37. The summed E-state index contributed by atoms with van der Waals surface area (Å²) in [5.74, 6) is -1.04. The van der Waals surface area contributed by atoms with Crippen LogP contribution in [0.4, 0.5) is 18.9 Å². The van der Waals surface area contributed by atoms with Gasteiger partial charge in [0.2, 0.25) is 5.82 Å². The Kier molecular flexibility index (Phi) is 5.85. The maximum absolute atomic E-state index is 14.0. The summed E-state index contributed by atoms with van der Waals surface area (Å²) in [6.07, 6.45) is -1.89. The van der Waals surface area contributed by atoms with Gasteiger partial charge in [0.15, 0.2) is 0 Å². The van der Waals surface area contributed by atoms with Gasteiger partial charge in [0.1, 0.15) is 5.75 Å². The smallest absolute Gasteiger partial charge is 0.418 e. The lowest BCUT2D eigenvalue weighted by atomic mass is 9.99. The lowest BCUT2D eigenvalue weighted by Crippen LogP contribution is -2.38. The van der Waals surface area contributed by atoms with Gasteiger partial charge in [-0.25, -0.2) is 0 Å². The van der Waals surface area contributed by atoms with E-state index in [1.54, 1.807) is 23.1 Å². The fourth-order valence-corrected chi connectivity index (χ4v) is 4.67. The first-order valence-corrected chi connectivity index (χ1v) is 11.4. The van der Waals surface area contributed by atoms with Crippen molar-refractivity contribution in [3.05, 3.63) is 47.7 Å². The van der Waals surface area contributed by atoms with E-state index >= 15 is 0 Å². The molecule has 1 saturated heterocycles. The number of carbonyl (C=O) groups is 1. The number of alkyl halides is 3. The number of piperidine rings is 1. The van der Waals surface area contributed by atoms with Crippen molar-refractivity contribution in [2.75, 3.05) is 18.6 Å². The van der Waals surface area contributed by atoms with Crippen molar-refractivity contribution in [1.29, 1.82) is 0 Å². The molecule has 1 unspecified atom stereocenters. The summed E-state index contributed by atoms with van der Waals surface area (Å²) in [6.45, 7) is 2.50. The van der Waals surface area contributed by atoms with Crippen molar-refractivity contribution < 1.29 is 32.3 Å². The number of carboxylic acids is 1. The fourth-order valence-electron chi connectivity index (χ4n) is 4.67. The predicted octanol–water partition coefficient (Wildman–Crippen LogP) is 4.65. The molecule has 2 aromatic carbocycles. The number of ether oxygens (including phenoxy) is 1. The number of benzene rings is 2. The molecule has 1 fully saturated rings. The maximum atomic E-state index is 14.0. The van der Waals surface area contributed by atoms with Crippen LogP contribution < -0.4 is 14.7 Å². The average Bonchev–Trinajstić information content (AvgIpc) is 3.50. The highest BCUT2D eigenvalue weighted by Crippen LogP contribution is 2.41. The Bertz CT molecular complexity index is 1440. The predicted molar refractivity (Wildman–Crippen MR) is 124 cm³/mol. The minimum absolute atomic E-state index is 0.00828. The van der Waals surface area contributed by atoms with Crippen LogP contribution in [0.5, 0.6) is 5.75 Å². The molecule has 0 radical (unpaired) electrons. The number of aromatic nitrogens is 3. The SMILES string of the molecule is COc1cc2[nH]c(C(=O)[O-])cc2cc1-c1noc(-c2ccc(N3CCCCC3C)c(C(F)(F)F)c2)n1. The molecule has 8 nitrogen and oxygen atoms in total. The van der Waals surface area contributed by atoms with Gasteiger partial charge < -0.3 is 29.0 Å². The molecule has 4 aromatic rings. The largest absolute Gasteiger partial charge is 0.543 e. The molecule has 11 heteroatoms. The molecule has 0 amide bonds. The quantitative estimate of drug-likeness (QED) is 0.426. The highest BCUT2D eigenvalue weighted by molar-refractivity contribution is 5.95. The number of halogens is 3. The number of nitrogens with zero attached hydrogens (tertiary/aromatic N) is 3. The Morgan fingerprint density at radius 3 is 2.72 bits per heavy atom. The Hall–Kier alpha value is -4.02. The van der Waals surface area contributed by atoms with Gasteiger partial charge in [-0.3, -0.25) is 0 Å². The van der Waals surface area contributed by atoms with Crippen molar-refractivity contribution in [2.45, 2.75) is 38.4 Å². The van der Waals surface area contributed by atoms with E-state index < -0.39 is 17.7 Å². The summed E-state index contributed by atoms with van der Waals surface area (Å²) >= 11 is 0. The number of aromatic amines is 1. The Morgan fingerprint density at radius 2 is 2.03 bits per heavy atom. The van der Waals surface area contributed by atoms with Gasteiger partial charge in [-0.15, -0.1) is 0 Å². The normalized spacial score (nSPS) is 16.5. The summed E-state index contributed by atoms with van der Waals surface area (Å²) < 4.78 is 52.8. The second-order valence-electron chi connectivity index (χ2n) is 8.80. The number of methoxy groups -OCH3 is 1. The van der Waals surface area contributed by atoms with Gasteiger partial charge in [0.05, 0.1) is 29.9 Å². The summed E-state index contributed by atoms with van der Waals surface area (Å²) in [7, 11) is 1.42. The van der Waals surface area contributed by atoms with E-state index in [0.29, 0.717) is 28.8 Å². The third-order valence-corrected chi connectivity index (χ3v) is 6.49. The molecule has 36 heavy (non-hydrogen) atoms. The van der Waals surface area contributed by atoms with Crippen molar-refractivity contribution >= 4 is 22.6 Å². The Labute approximate surface area is 203 Å². The van der Waals surface area contributed by atoms with Crippen molar-refractivity contribution in [3.63, 3.8) is 0 Å². The molecule has 1 aliphatic heterocycles. The molecular formula is C25H22F3N4O4-. The molecule has 0 aliphatic carbocycles. The van der Waals surface area contributed by atoms with Crippen LogP contribution in [-0.2, 0) is 6.18 Å². The molecule has 3 heterocycles. The minimum Gasteiger partial charge on any atom is -0.543 e. The molecular weight excluding hydrogens is 477 g/mol. The van der Waals surface area contributed by atoms with Gasteiger partial charge in [0.25, 0.3) is 5.89 Å². The standard InChI is InChI=1S/C25H23F3N4O4/c1-13-5-3-4-8-32(13)20-7-6-14(10-17(20)25(26,27)28)23-30-22(31-36-23)16-9-15-11-19(24(33)34)29-18(15)12-21(16)35-2/h6-7,9-13,29H,3-5,8H2,1-2H3,(H,33,34)/p-1. The molecule has 0 bridgehead atoms. The number of rotatable bonds is 5. The molecule has 1 atom stereocenters. The van der Waals surface area contributed by atoms with E-state index in [1.807, 2.05) is 6.92 Å². The van der Waals surface area contributed by atoms with E-state index in [2.05, 4.69) is 15.1 Å². The number of carboxylic acid groups (broad SMARTS) is 1. The van der Waals surface area contributed by atoms with Gasteiger partial charge >= 0.3 is 6.18 Å². The van der Waals surface area contributed by atoms with Crippen molar-refractivity contribution in [2.24, 2.45) is 0 Å². The first kappa shape index (κ1) is 23.7. The number of H-pyrrole nitrogens is 1. The van der Waals surface area contributed by atoms with Gasteiger partial charge in [-0.1, -0.05) is 5.16 Å². The number of aromatic carboxylic acids is 1. The molecule has 0 spiro atoms. The topological polar surface area (TPSA) is 107 Å². The van der Waals surface area contributed by atoms with Gasteiger partial charge in [-0.05, 0) is 56.5 Å². The zero-order valence-corrected chi connectivity index (χ0v) is 19.5. The van der Waals surface area contributed by atoms with Crippen LogP contribution in [-0.4, -0.2) is 40.8 Å². The van der Waals surface area contributed by atoms with Crippen LogP contribution >= 0.6 is 0 Å². The van der Waals surface area contributed by atoms with Crippen molar-refractivity contribution in [3.8, 4) is 28.6 Å². The maximum Gasteiger partial charge on any atom is 0.418 e. The van der Waals surface area contributed by atoms with E-state index in [-0.39, 0.29) is 34.7 Å². The fraction of sp³-hybridized carbons (Fsp3) is 0.320. The molecule has 5 rings (SSSR count). The molecule has 0 saturated carbocycles. The monoisotopic (exact) mass is 499 g/mol. The summed E-state index contributed by atoms with van der Waals surface area (Å²) in [6, 6.07) is 8.61. The third-order valence-electron chi connectivity index (χ3n) is 6.49. The van der Waals surface area contributed by atoms with E-state index in [4.69, 9.17) is 9.26 Å². The lowest BCUT2D eigenvalue weighted by molar-refractivity contribution is -0.255. The number of hydrogen-bond acceptors (Lipinski definition) is 7. The Morgan fingerprint density at radius 1 is 1.22 bits per heavy atom. The summed E-state index contributed by atoms with van der Waals surface area (Å²) in [5.41, 5.74) is 0.293. The number of fused-ring (bicyclic) bond motifs is 1. The number of nitrogens with one attached hydrogen (secondary N) is 1. The minimum atomic E-state index is -4.56. The van der Waals surface area contributed by atoms with Gasteiger partial charge in [0, 0.05) is 40.8 Å². The van der Waals surface area contributed by atoms with E-state index in [1.165, 1.54) is 19.2 Å². The van der Waals surface area contributed by atoms with E-state index in [0.717, 1.165) is 25.3 Å². The van der Waals surface area contributed by atoms with Crippen LogP contribution in [0.2, 0.25) is 0 Å². The summed E-state index contributed by atoms with van der Waals surface area (Å²) in [4.78, 5) is 20.0. The Balaban J connectivity index is 1.54. The van der Waals surface area contributed by atoms with Crippen LogP contribution in [0.25, 0.3) is 33.7 Å². The van der Waals surface area contributed by atoms with Gasteiger partial charge in [-0.2, -0.15) is 18.2 Å². The van der Waals surface area contributed by atoms with Crippen LogP contribution in [0.3, 0.4) is 0 Å². The summed E-state index contributed by atoms with van der Waals surface area (Å²) in [5, 5.41) is 15.7. The molecule has 2 aromatic heterocycles. The molecule has 1 aliphatic rings. The van der Waals surface area contributed by atoms with Crippen LogP contribution in [0.15, 0.2) is 40.9 Å². The third kappa shape index (κ3) is 4.25. The number of anilines is 1. The van der Waals surface area contributed by atoms with Crippen LogP contribution in [0, 0.1) is 0 Å². The second kappa shape index (κ2) is 8.89. The first-order chi connectivity index (χ1) is 17.2. The van der Waals surface area contributed by atoms with E-state index in [9.17, 15) is 23.1 Å². The van der Waals surface area contributed by atoms with Crippen molar-refractivity contribution in [1.82, 2.24) is 15.1 Å². The molecule has 1 N–H and O–H groups in total.